The first-order valence-corrected chi connectivity index (χ1v) is 12.0. The van der Waals surface area contributed by atoms with Crippen LogP contribution in [-0.4, -0.2) is 45.2 Å². The Morgan fingerprint density at radius 2 is 0.917 bits per heavy atom. The number of nitrogens with zero attached hydrogens (tertiary/aromatic N) is 2. The van der Waals surface area contributed by atoms with Crippen LogP contribution in [-0.2, 0) is 21.7 Å². The van der Waals surface area contributed by atoms with E-state index in [1.54, 1.807) is 0 Å². The summed E-state index contributed by atoms with van der Waals surface area (Å²) in [6.45, 7) is 18.5. The maximum absolute atomic E-state index is 3.75. The van der Waals surface area contributed by atoms with E-state index in [9.17, 15) is 0 Å². The van der Waals surface area contributed by atoms with Crippen LogP contribution in [0.2, 0.25) is 0 Å². The molecule has 2 radical (unpaired) electrons. The van der Waals surface area contributed by atoms with Gasteiger partial charge in [-0.3, -0.25) is 0 Å². The Balaban J connectivity index is 0. The fraction of sp³-hybridized carbons (Fsp3) is 0.133. The normalized spacial score (nSPS) is 9.39. The summed E-state index contributed by atoms with van der Waals surface area (Å²) < 4.78 is 4.57. The quantitative estimate of drug-likeness (QED) is 0.160. The number of rotatable bonds is 10. The van der Waals surface area contributed by atoms with Crippen LogP contribution < -0.4 is 24.8 Å². The predicted octanol–water partition coefficient (Wildman–Crippen LogP) is 0.992. The average molecular weight is 569 g/mol. The fourth-order valence-corrected chi connectivity index (χ4v) is 4.52. The Hall–Kier alpha value is -1.95. The summed E-state index contributed by atoms with van der Waals surface area (Å²) in [5.74, 6) is 0. The van der Waals surface area contributed by atoms with Gasteiger partial charge in [-0.05, 0) is 0 Å². The standard InChI is InChI=1S/C12H20N2Si.2C9H7.2ClH.Ti/c1-5-9-13(10-6-2)15-14(11-7-3)12-8-4;2*1-2-5-9-7-3-6-8(9)4-1;;;/h5-8H,1-4,9-12H2;2*1-7H;2*1H;/q;2*-1;;;+4/p-2. The van der Waals surface area contributed by atoms with Crippen LogP contribution in [0.25, 0.3) is 21.5 Å². The molecule has 0 unspecified atom stereocenters. The van der Waals surface area contributed by atoms with Gasteiger partial charge in [-0.25, -0.2) is 0 Å². The Morgan fingerprint density at radius 3 is 1.22 bits per heavy atom. The first-order valence-electron chi connectivity index (χ1n) is 11.1. The minimum absolute atomic E-state index is 0. The van der Waals surface area contributed by atoms with Gasteiger partial charge in [-0.15, -0.1) is 85.6 Å². The van der Waals surface area contributed by atoms with Gasteiger partial charge in [-0.1, -0.05) is 36.4 Å². The largest absolute Gasteiger partial charge is 4.00 e. The van der Waals surface area contributed by atoms with E-state index in [-0.39, 0.29) is 46.5 Å². The molecule has 4 rings (SSSR count). The molecule has 0 aliphatic carbocycles. The smallest absolute Gasteiger partial charge is 1.00 e. The third-order valence-corrected chi connectivity index (χ3v) is 6.07. The molecule has 36 heavy (non-hydrogen) atoms. The van der Waals surface area contributed by atoms with Gasteiger partial charge in [0.1, 0.15) is 0 Å². The van der Waals surface area contributed by atoms with Crippen molar-refractivity contribution >= 4 is 31.4 Å². The molecule has 0 saturated carbocycles. The number of benzene rings is 2. The fourth-order valence-electron chi connectivity index (χ4n) is 3.28. The monoisotopic (exact) mass is 568 g/mol. The average Bonchev–Trinajstić information content (AvgIpc) is 3.50. The third kappa shape index (κ3) is 13.4. The van der Waals surface area contributed by atoms with E-state index < -0.39 is 0 Å². The summed E-state index contributed by atoms with van der Waals surface area (Å²) in [5.41, 5.74) is 0. The third-order valence-electron chi connectivity index (χ3n) is 4.78. The van der Waals surface area contributed by atoms with Crippen LogP contribution >= 0.6 is 0 Å². The van der Waals surface area contributed by atoms with Crippen molar-refractivity contribution in [3.05, 3.63) is 136 Å². The molecule has 4 aromatic rings. The summed E-state index contributed by atoms with van der Waals surface area (Å²) >= 11 is 0. The predicted molar refractivity (Wildman–Crippen MR) is 149 cm³/mol. The molecule has 0 aliphatic heterocycles. The molecule has 0 aromatic heterocycles. The van der Waals surface area contributed by atoms with Crippen LogP contribution in [0.4, 0.5) is 0 Å². The van der Waals surface area contributed by atoms with E-state index in [0.717, 1.165) is 26.2 Å². The van der Waals surface area contributed by atoms with Gasteiger partial charge < -0.3 is 33.9 Å². The summed E-state index contributed by atoms with van der Waals surface area (Å²) in [6, 6.07) is 29.3. The molecule has 186 valence electrons. The van der Waals surface area contributed by atoms with Crippen LogP contribution in [0, 0.1) is 0 Å². The van der Waals surface area contributed by atoms with E-state index in [2.05, 4.69) is 120 Å². The zero-order chi connectivity index (χ0) is 23.7. The number of fused-ring (bicyclic) bond motifs is 2. The first kappa shape index (κ1) is 36.2. The van der Waals surface area contributed by atoms with E-state index in [0.29, 0.717) is 9.84 Å². The molecule has 0 aliphatic rings. The number of halogens is 2. The molecule has 0 saturated heterocycles. The van der Waals surface area contributed by atoms with Gasteiger partial charge in [0.05, 0.1) is 0 Å². The summed E-state index contributed by atoms with van der Waals surface area (Å²) in [4.78, 5) is 0. The summed E-state index contributed by atoms with van der Waals surface area (Å²) in [5, 5.41) is 5.32. The summed E-state index contributed by atoms with van der Waals surface area (Å²) in [7, 11) is 0.623. The molecule has 0 amide bonds. The second-order valence-corrected chi connectivity index (χ2v) is 8.84. The van der Waals surface area contributed by atoms with Crippen molar-refractivity contribution in [1.82, 2.24) is 9.13 Å². The van der Waals surface area contributed by atoms with Crippen molar-refractivity contribution in [2.45, 2.75) is 0 Å². The molecular formula is C30H34Cl2N2SiTi. The van der Waals surface area contributed by atoms with E-state index in [1.165, 1.54) is 21.5 Å². The van der Waals surface area contributed by atoms with Crippen molar-refractivity contribution in [2.24, 2.45) is 0 Å². The molecule has 4 aromatic carbocycles. The molecular weight excluding hydrogens is 535 g/mol. The minimum atomic E-state index is 0. The van der Waals surface area contributed by atoms with Crippen LogP contribution in [0.15, 0.2) is 136 Å². The Labute approximate surface area is 247 Å². The van der Waals surface area contributed by atoms with Gasteiger partial charge in [-0.2, -0.15) is 35.0 Å². The second kappa shape index (κ2) is 22.3. The minimum Gasteiger partial charge on any atom is -1.00 e. The van der Waals surface area contributed by atoms with E-state index in [4.69, 9.17) is 0 Å². The number of hydrogen-bond acceptors (Lipinski definition) is 2. The van der Waals surface area contributed by atoms with Crippen LogP contribution in [0.3, 0.4) is 0 Å². The zero-order valence-electron chi connectivity index (χ0n) is 20.7. The Bertz CT molecular complexity index is 954. The maximum Gasteiger partial charge on any atom is 4.00 e. The molecule has 0 spiro atoms. The molecule has 0 atom stereocenters. The summed E-state index contributed by atoms with van der Waals surface area (Å²) in [6.07, 6.45) is 7.65. The first-order chi connectivity index (χ1) is 16.2. The number of hydrogen-bond donors (Lipinski definition) is 0. The Morgan fingerprint density at radius 1 is 0.583 bits per heavy atom. The second-order valence-electron chi connectivity index (χ2n) is 7.37. The van der Waals surface area contributed by atoms with Crippen molar-refractivity contribution in [3.63, 3.8) is 0 Å². The Kier molecular flexibility index (Phi) is 22.4. The van der Waals surface area contributed by atoms with Gasteiger partial charge in [0.2, 0.25) is 0 Å². The molecule has 0 heterocycles. The zero-order valence-corrected chi connectivity index (χ0v) is 24.8. The maximum atomic E-state index is 3.75. The van der Waals surface area contributed by atoms with Gasteiger partial charge in [0.15, 0.2) is 0 Å². The van der Waals surface area contributed by atoms with Crippen molar-refractivity contribution in [2.75, 3.05) is 26.2 Å². The van der Waals surface area contributed by atoms with E-state index in [1.807, 2.05) is 24.3 Å². The van der Waals surface area contributed by atoms with Crippen molar-refractivity contribution in [3.8, 4) is 0 Å². The van der Waals surface area contributed by atoms with Crippen LogP contribution in [0.5, 0.6) is 0 Å². The van der Waals surface area contributed by atoms with Gasteiger partial charge >= 0.3 is 21.7 Å². The molecule has 0 fully saturated rings. The van der Waals surface area contributed by atoms with Crippen LogP contribution in [0.1, 0.15) is 0 Å². The van der Waals surface area contributed by atoms with E-state index >= 15 is 0 Å². The molecule has 0 bridgehead atoms. The van der Waals surface area contributed by atoms with Gasteiger partial charge in [0.25, 0.3) is 9.84 Å². The van der Waals surface area contributed by atoms with Crippen molar-refractivity contribution in [1.29, 1.82) is 0 Å². The van der Waals surface area contributed by atoms with Crippen molar-refractivity contribution < 1.29 is 46.5 Å². The molecule has 6 heteroatoms. The topological polar surface area (TPSA) is 6.48 Å². The van der Waals surface area contributed by atoms with Gasteiger partial charge in [0, 0.05) is 26.2 Å². The molecule has 0 N–H and O–H groups in total. The molecule has 2 nitrogen and oxygen atoms in total. The SMILES string of the molecule is C=CCN(CC=C)[Si]N(CC=C)CC=C.[Cl-].[Cl-].[Ti+4].c1ccc2[cH-]ccc2c1.c1ccc2[cH-]ccc2c1.